The largest absolute Gasteiger partial charge is 0.497 e. The van der Waals surface area contributed by atoms with Crippen molar-refractivity contribution in [1.82, 2.24) is 14.9 Å². The highest BCUT2D eigenvalue weighted by Crippen LogP contribution is 2.46. The minimum absolute atomic E-state index is 0.127. The molecule has 10 heteroatoms. The lowest BCUT2D eigenvalue weighted by molar-refractivity contribution is 0.0965. The average Bonchev–Trinajstić information content (AvgIpc) is 3.66. The van der Waals surface area contributed by atoms with Crippen molar-refractivity contribution in [2.45, 2.75) is 25.3 Å². The van der Waals surface area contributed by atoms with Crippen LogP contribution in [-0.2, 0) is 16.6 Å². The quantitative estimate of drug-likeness (QED) is 0.371. The van der Waals surface area contributed by atoms with Gasteiger partial charge in [-0.15, -0.1) is 0 Å². The Morgan fingerprint density at radius 2 is 1.84 bits per heavy atom. The summed E-state index contributed by atoms with van der Waals surface area (Å²) in [6, 6.07) is 14.9. The maximum atomic E-state index is 13.6. The minimum Gasteiger partial charge on any atom is -0.497 e. The Bertz CT molecular complexity index is 1580. The molecule has 8 nitrogen and oxygen atoms in total. The summed E-state index contributed by atoms with van der Waals surface area (Å²) in [5, 5.41) is 7.32. The molecule has 1 aliphatic rings. The van der Waals surface area contributed by atoms with Crippen molar-refractivity contribution in [2.75, 3.05) is 24.7 Å². The number of carbonyl (C=O) groups excluding carboxylic acids is 1. The second-order valence-electron chi connectivity index (χ2n) is 9.15. The molecular weight excluding hydrogens is 495 g/mol. The van der Waals surface area contributed by atoms with Crippen LogP contribution in [0, 0.1) is 5.82 Å². The summed E-state index contributed by atoms with van der Waals surface area (Å²) in [6.07, 6.45) is 4.71. The number of anilines is 1. The van der Waals surface area contributed by atoms with Gasteiger partial charge in [-0.2, -0.15) is 5.10 Å². The topological polar surface area (TPSA) is 93.0 Å². The van der Waals surface area contributed by atoms with Crippen LogP contribution in [0.15, 0.2) is 60.8 Å². The SMILES string of the molecule is CNC(=O)c1c(-c2ccc(F)cc2)nn2cc(N(Cc3ccc(OC)cc3)S(C)(=O)=O)c(C3CC3)cc12. The van der Waals surface area contributed by atoms with Crippen LogP contribution < -0.4 is 14.4 Å². The third-order valence-corrected chi connectivity index (χ3v) is 7.65. The lowest BCUT2D eigenvalue weighted by Gasteiger charge is -2.25. The number of sulfonamides is 1. The van der Waals surface area contributed by atoms with E-state index in [9.17, 15) is 17.6 Å². The van der Waals surface area contributed by atoms with Gasteiger partial charge in [-0.05, 0) is 72.4 Å². The van der Waals surface area contributed by atoms with Gasteiger partial charge in [0, 0.05) is 12.6 Å². The number of hydrogen-bond acceptors (Lipinski definition) is 5. The van der Waals surface area contributed by atoms with E-state index in [4.69, 9.17) is 4.74 Å². The second kappa shape index (κ2) is 9.51. The second-order valence-corrected chi connectivity index (χ2v) is 11.1. The Labute approximate surface area is 214 Å². The molecule has 2 heterocycles. The smallest absolute Gasteiger partial charge is 0.255 e. The number of methoxy groups -OCH3 is 1. The van der Waals surface area contributed by atoms with Crippen molar-refractivity contribution >= 4 is 27.1 Å². The van der Waals surface area contributed by atoms with Crippen LogP contribution in [0.2, 0.25) is 0 Å². The van der Waals surface area contributed by atoms with Crippen molar-refractivity contribution < 1.29 is 22.3 Å². The number of halogens is 1. The molecule has 0 bridgehead atoms. The number of benzene rings is 2. The zero-order chi connectivity index (χ0) is 26.3. The van der Waals surface area contributed by atoms with Gasteiger partial charge in [0.15, 0.2) is 0 Å². The van der Waals surface area contributed by atoms with Crippen LogP contribution in [0.25, 0.3) is 16.8 Å². The monoisotopic (exact) mass is 522 g/mol. The molecule has 192 valence electrons. The number of aromatic nitrogens is 2. The van der Waals surface area contributed by atoms with Gasteiger partial charge < -0.3 is 10.1 Å². The number of nitrogens with one attached hydrogen (secondary N) is 1. The van der Waals surface area contributed by atoms with Gasteiger partial charge >= 0.3 is 0 Å². The molecule has 0 unspecified atom stereocenters. The van der Waals surface area contributed by atoms with Gasteiger partial charge in [-0.3, -0.25) is 9.10 Å². The van der Waals surface area contributed by atoms with E-state index >= 15 is 0 Å². The van der Waals surface area contributed by atoms with E-state index in [1.165, 1.54) is 34.3 Å². The van der Waals surface area contributed by atoms with E-state index < -0.39 is 15.8 Å². The van der Waals surface area contributed by atoms with Gasteiger partial charge in [0.2, 0.25) is 10.0 Å². The van der Waals surface area contributed by atoms with Gasteiger partial charge in [0.05, 0.1) is 42.9 Å². The first-order valence-corrected chi connectivity index (χ1v) is 13.7. The lowest BCUT2D eigenvalue weighted by Crippen LogP contribution is -2.30. The zero-order valence-corrected chi connectivity index (χ0v) is 21.5. The highest BCUT2D eigenvalue weighted by Gasteiger charge is 2.33. The molecule has 2 aromatic carbocycles. The van der Waals surface area contributed by atoms with E-state index in [2.05, 4.69) is 10.4 Å². The summed E-state index contributed by atoms with van der Waals surface area (Å²) in [7, 11) is -0.556. The predicted octanol–water partition coefficient (Wildman–Crippen LogP) is 4.35. The molecule has 0 spiro atoms. The highest BCUT2D eigenvalue weighted by atomic mass is 32.2. The molecule has 1 aliphatic carbocycles. The number of pyridine rings is 1. The molecule has 2 aromatic heterocycles. The van der Waals surface area contributed by atoms with Crippen LogP contribution in [0.1, 0.15) is 40.2 Å². The summed E-state index contributed by atoms with van der Waals surface area (Å²) in [4.78, 5) is 13.0. The van der Waals surface area contributed by atoms with Crippen molar-refractivity contribution in [2.24, 2.45) is 0 Å². The van der Waals surface area contributed by atoms with Crippen molar-refractivity contribution in [3.8, 4) is 17.0 Å². The Balaban J connectivity index is 1.70. The van der Waals surface area contributed by atoms with E-state index in [-0.39, 0.29) is 18.4 Å². The molecule has 0 saturated heterocycles. The number of ether oxygens (including phenoxy) is 1. The van der Waals surface area contributed by atoms with Crippen molar-refractivity contribution in [1.29, 1.82) is 0 Å². The molecule has 37 heavy (non-hydrogen) atoms. The maximum Gasteiger partial charge on any atom is 0.255 e. The summed E-state index contributed by atoms with van der Waals surface area (Å²) < 4.78 is 47.8. The number of rotatable bonds is 8. The fraction of sp³-hybridized carbons (Fsp3) is 0.259. The third-order valence-electron chi connectivity index (χ3n) is 6.52. The maximum absolute atomic E-state index is 13.6. The number of nitrogens with zero attached hydrogens (tertiary/aromatic N) is 3. The molecule has 5 rings (SSSR count). The summed E-state index contributed by atoms with van der Waals surface area (Å²) >= 11 is 0. The molecule has 4 aromatic rings. The molecular formula is C27H27FN4O4S. The van der Waals surface area contributed by atoms with Crippen LogP contribution in [0.4, 0.5) is 10.1 Å². The molecule has 1 N–H and O–H groups in total. The van der Waals surface area contributed by atoms with E-state index in [1.54, 1.807) is 37.6 Å². The van der Waals surface area contributed by atoms with E-state index in [1.807, 2.05) is 18.2 Å². The fourth-order valence-electron chi connectivity index (χ4n) is 4.46. The van der Waals surface area contributed by atoms with E-state index in [0.29, 0.717) is 33.8 Å². The van der Waals surface area contributed by atoms with Crippen molar-refractivity contribution in [3.05, 3.63) is 83.3 Å². The number of hydrogen-bond donors (Lipinski definition) is 1. The highest BCUT2D eigenvalue weighted by molar-refractivity contribution is 7.92. The lowest BCUT2D eigenvalue weighted by atomic mass is 10.0. The first-order valence-electron chi connectivity index (χ1n) is 11.8. The Morgan fingerprint density at radius 3 is 2.41 bits per heavy atom. The molecule has 1 fully saturated rings. The number of amides is 1. The summed E-state index contributed by atoms with van der Waals surface area (Å²) in [5.74, 6) is 0.139. The third kappa shape index (κ3) is 4.89. The van der Waals surface area contributed by atoms with Crippen LogP contribution in [-0.4, -0.2) is 44.4 Å². The van der Waals surface area contributed by atoms with E-state index in [0.717, 1.165) is 24.0 Å². The van der Waals surface area contributed by atoms with Crippen LogP contribution in [0.3, 0.4) is 0 Å². The number of fused-ring (bicyclic) bond motifs is 1. The Morgan fingerprint density at radius 1 is 1.16 bits per heavy atom. The Kier molecular flexibility index (Phi) is 6.36. The summed E-state index contributed by atoms with van der Waals surface area (Å²) in [5.41, 5.74) is 4.04. The number of carbonyl (C=O) groups is 1. The molecule has 0 aliphatic heterocycles. The zero-order valence-electron chi connectivity index (χ0n) is 20.7. The minimum atomic E-state index is -3.67. The molecule has 1 amide bonds. The van der Waals surface area contributed by atoms with Crippen LogP contribution >= 0.6 is 0 Å². The van der Waals surface area contributed by atoms with Crippen molar-refractivity contribution in [3.63, 3.8) is 0 Å². The van der Waals surface area contributed by atoms with Gasteiger partial charge in [0.25, 0.3) is 5.91 Å². The summed E-state index contributed by atoms with van der Waals surface area (Å²) in [6.45, 7) is 0.127. The van der Waals surface area contributed by atoms with Crippen LogP contribution in [0.5, 0.6) is 5.75 Å². The normalized spacial score (nSPS) is 13.5. The molecule has 0 atom stereocenters. The van der Waals surface area contributed by atoms with Gasteiger partial charge in [-0.25, -0.2) is 17.3 Å². The first kappa shape index (κ1) is 24.8. The fourth-order valence-corrected chi connectivity index (χ4v) is 5.36. The molecule has 0 radical (unpaired) electrons. The van der Waals surface area contributed by atoms with Gasteiger partial charge in [0.1, 0.15) is 17.3 Å². The standard InChI is InChI=1S/C27H27FN4O4S/c1-29-27(33)25-23-14-22(18-6-7-18)24(16-31(23)30-26(25)19-8-10-20(28)11-9-19)32(37(3,34)35)15-17-4-12-21(36-2)13-5-17/h4-5,8-14,16,18H,6-7,15H2,1-3H3,(H,29,33). The van der Waals surface area contributed by atoms with Gasteiger partial charge in [-0.1, -0.05) is 12.1 Å². The first-order chi connectivity index (χ1) is 17.7. The Hall–Kier alpha value is -3.92. The average molecular weight is 523 g/mol. The molecule has 1 saturated carbocycles. The predicted molar refractivity (Wildman–Crippen MR) is 140 cm³/mol.